The quantitative estimate of drug-likeness (QED) is 0.658. The Morgan fingerprint density at radius 2 is 1.82 bits per heavy atom. The summed E-state index contributed by atoms with van der Waals surface area (Å²) < 4.78 is 2.25. The van der Waals surface area contributed by atoms with Gasteiger partial charge in [0.1, 0.15) is 0 Å². The fraction of sp³-hybridized carbons (Fsp3) is 0.786. The zero-order valence-corrected chi connectivity index (χ0v) is 11.6. The van der Waals surface area contributed by atoms with E-state index in [1.54, 1.807) is 0 Å². The van der Waals surface area contributed by atoms with Gasteiger partial charge in [-0.15, -0.1) is 0 Å². The predicted octanol–water partition coefficient (Wildman–Crippen LogP) is 3.98. The lowest BCUT2D eigenvalue weighted by molar-refractivity contribution is 0.560. The fourth-order valence-corrected chi connectivity index (χ4v) is 2.08. The summed E-state index contributed by atoms with van der Waals surface area (Å²) in [6.07, 6.45) is 10.2. The summed E-state index contributed by atoms with van der Waals surface area (Å²) in [6, 6.07) is 0. The molecule has 0 unspecified atom stereocenters. The van der Waals surface area contributed by atoms with Crippen LogP contribution in [-0.4, -0.2) is 16.1 Å². The third-order valence-electron chi connectivity index (χ3n) is 2.98. The molecule has 0 amide bonds. The van der Waals surface area contributed by atoms with Crippen LogP contribution in [-0.2, 0) is 6.54 Å². The van der Waals surface area contributed by atoms with Gasteiger partial charge in [-0.1, -0.05) is 39.0 Å². The molecule has 0 fully saturated rings. The Morgan fingerprint density at radius 1 is 1.12 bits per heavy atom. The van der Waals surface area contributed by atoms with E-state index in [1.165, 1.54) is 38.5 Å². The third kappa shape index (κ3) is 5.24. The Kier molecular flexibility index (Phi) is 6.75. The van der Waals surface area contributed by atoms with Crippen LogP contribution in [0.25, 0.3) is 0 Å². The minimum Gasteiger partial charge on any atom is -0.356 e. The standard InChI is InChI=1S/C14H27N3/c1-4-6-7-8-9-10-11-17-12-13(3)16-14(17)15-5-2/h12H,4-11H2,1-3H3,(H,15,16). The van der Waals surface area contributed by atoms with Gasteiger partial charge in [-0.05, 0) is 20.3 Å². The summed E-state index contributed by atoms with van der Waals surface area (Å²) in [5.74, 6) is 1.03. The van der Waals surface area contributed by atoms with Crippen LogP contribution in [0.5, 0.6) is 0 Å². The number of hydrogen-bond donors (Lipinski definition) is 1. The van der Waals surface area contributed by atoms with E-state index in [0.717, 1.165) is 24.7 Å². The van der Waals surface area contributed by atoms with E-state index in [2.05, 4.69) is 41.8 Å². The number of imidazole rings is 1. The molecule has 3 heteroatoms. The molecule has 1 aromatic heterocycles. The van der Waals surface area contributed by atoms with E-state index < -0.39 is 0 Å². The van der Waals surface area contributed by atoms with E-state index in [9.17, 15) is 0 Å². The Bertz CT molecular complexity index is 304. The number of anilines is 1. The highest BCUT2D eigenvalue weighted by atomic mass is 15.2. The molecule has 0 spiro atoms. The van der Waals surface area contributed by atoms with E-state index >= 15 is 0 Å². The van der Waals surface area contributed by atoms with Gasteiger partial charge in [0.05, 0.1) is 5.69 Å². The maximum atomic E-state index is 4.48. The Morgan fingerprint density at radius 3 is 2.53 bits per heavy atom. The third-order valence-corrected chi connectivity index (χ3v) is 2.98. The molecule has 1 rings (SSSR count). The lowest BCUT2D eigenvalue weighted by atomic mass is 10.1. The van der Waals surface area contributed by atoms with Gasteiger partial charge in [-0.3, -0.25) is 0 Å². The number of aromatic nitrogens is 2. The molecule has 0 aliphatic heterocycles. The summed E-state index contributed by atoms with van der Waals surface area (Å²) in [6.45, 7) is 8.46. The van der Waals surface area contributed by atoms with Crippen LogP contribution in [0.15, 0.2) is 6.20 Å². The van der Waals surface area contributed by atoms with Crippen LogP contribution in [0.3, 0.4) is 0 Å². The average Bonchev–Trinajstić information content (AvgIpc) is 2.65. The molecule has 1 N–H and O–H groups in total. The highest BCUT2D eigenvalue weighted by molar-refractivity contribution is 5.28. The molecule has 0 atom stereocenters. The normalized spacial score (nSPS) is 10.8. The van der Waals surface area contributed by atoms with Gasteiger partial charge in [0.25, 0.3) is 0 Å². The summed E-state index contributed by atoms with van der Waals surface area (Å²) in [5, 5.41) is 3.31. The SMILES string of the molecule is CCCCCCCCn1cc(C)nc1NCC. The van der Waals surface area contributed by atoms with Crippen molar-refractivity contribution in [3.8, 4) is 0 Å². The second-order valence-electron chi connectivity index (χ2n) is 4.70. The maximum Gasteiger partial charge on any atom is 0.203 e. The Labute approximate surface area is 106 Å². The van der Waals surface area contributed by atoms with Gasteiger partial charge in [0.15, 0.2) is 0 Å². The summed E-state index contributed by atoms with van der Waals surface area (Å²) in [5.41, 5.74) is 1.10. The molecule has 0 aromatic carbocycles. The zero-order valence-electron chi connectivity index (χ0n) is 11.6. The minimum absolute atomic E-state index is 0.937. The van der Waals surface area contributed by atoms with Gasteiger partial charge in [-0.25, -0.2) is 4.98 Å². The number of nitrogens with one attached hydrogen (secondary N) is 1. The topological polar surface area (TPSA) is 29.9 Å². The molecule has 0 radical (unpaired) electrons. The summed E-state index contributed by atoms with van der Waals surface area (Å²) >= 11 is 0. The van der Waals surface area contributed by atoms with Crippen LogP contribution in [0, 0.1) is 6.92 Å². The first-order valence-corrected chi connectivity index (χ1v) is 7.05. The fourth-order valence-electron chi connectivity index (χ4n) is 2.08. The van der Waals surface area contributed by atoms with Crippen molar-refractivity contribution >= 4 is 5.95 Å². The van der Waals surface area contributed by atoms with Crippen LogP contribution in [0.1, 0.15) is 58.1 Å². The van der Waals surface area contributed by atoms with Crippen molar-refractivity contribution in [1.29, 1.82) is 0 Å². The number of hydrogen-bond acceptors (Lipinski definition) is 2. The molecule has 0 bridgehead atoms. The molecule has 1 heterocycles. The maximum absolute atomic E-state index is 4.48. The molecular formula is C14H27N3. The number of unbranched alkanes of at least 4 members (excludes halogenated alkanes) is 5. The first-order chi connectivity index (χ1) is 8.27. The first-order valence-electron chi connectivity index (χ1n) is 7.05. The van der Waals surface area contributed by atoms with Crippen LogP contribution in [0.2, 0.25) is 0 Å². The minimum atomic E-state index is 0.937. The smallest absolute Gasteiger partial charge is 0.203 e. The summed E-state index contributed by atoms with van der Waals surface area (Å²) in [4.78, 5) is 4.48. The van der Waals surface area contributed by atoms with Crippen molar-refractivity contribution in [2.45, 2.75) is 65.8 Å². The van der Waals surface area contributed by atoms with E-state index in [0.29, 0.717) is 0 Å². The van der Waals surface area contributed by atoms with Gasteiger partial charge in [0.2, 0.25) is 5.95 Å². The largest absolute Gasteiger partial charge is 0.356 e. The molecule has 0 aliphatic carbocycles. The number of aryl methyl sites for hydroxylation is 2. The van der Waals surface area contributed by atoms with Crippen molar-refractivity contribution in [1.82, 2.24) is 9.55 Å². The average molecular weight is 237 g/mol. The van der Waals surface area contributed by atoms with Crippen molar-refractivity contribution < 1.29 is 0 Å². The van der Waals surface area contributed by atoms with Gasteiger partial charge in [-0.2, -0.15) is 0 Å². The van der Waals surface area contributed by atoms with Crippen molar-refractivity contribution in [3.63, 3.8) is 0 Å². The molecule has 17 heavy (non-hydrogen) atoms. The first kappa shape index (κ1) is 14.1. The van der Waals surface area contributed by atoms with Gasteiger partial charge in [0, 0.05) is 19.3 Å². The molecule has 3 nitrogen and oxygen atoms in total. The molecule has 0 aliphatic rings. The highest BCUT2D eigenvalue weighted by Crippen LogP contribution is 2.11. The van der Waals surface area contributed by atoms with Crippen molar-refractivity contribution in [3.05, 3.63) is 11.9 Å². The Balaban J connectivity index is 2.25. The predicted molar refractivity (Wildman–Crippen MR) is 74.5 cm³/mol. The Hall–Kier alpha value is -0.990. The van der Waals surface area contributed by atoms with Crippen LogP contribution in [0.4, 0.5) is 5.95 Å². The van der Waals surface area contributed by atoms with E-state index in [1.807, 2.05) is 0 Å². The molecular weight excluding hydrogens is 210 g/mol. The molecule has 0 saturated heterocycles. The van der Waals surface area contributed by atoms with Crippen molar-refractivity contribution in [2.75, 3.05) is 11.9 Å². The molecule has 0 saturated carbocycles. The lowest BCUT2D eigenvalue weighted by Crippen LogP contribution is -2.06. The lowest BCUT2D eigenvalue weighted by Gasteiger charge is -2.08. The summed E-state index contributed by atoms with van der Waals surface area (Å²) in [7, 11) is 0. The van der Waals surface area contributed by atoms with Gasteiger partial charge < -0.3 is 9.88 Å². The second kappa shape index (κ2) is 8.15. The van der Waals surface area contributed by atoms with E-state index in [-0.39, 0.29) is 0 Å². The van der Waals surface area contributed by atoms with Crippen molar-refractivity contribution in [2.24, 2.45) is 0 Å². The monoisotopic (exact) mass is 237 g/mol. The van der Waals surface area contributed by atoms with Gasteiger partial charge >= 0.3 is 0 Å². The molecule has 1 aromatic rings. The van der Waals surface area contributed by atoms with Crippen LogP contribution >= 0.6 is 0 Å². The zero-order chi connectivity index (χ0) is 12.5. The van der Waals surface area contributed by atoms with E-state index in [4.69, 9.17) is 0 Å². The second-order valence-corrected chi connectivity index (χ2v) is 4.70. The van der Waals surface area contributed by atoms with Crippen LogP contribution < -0.4 is 5.32 Å². The number of rotatable bonds is 9. The molecule has 98 valence electrons. The number of nitrogens with zero attached hydrogens (tertiary/aromatic N) is 2. The highest BCUT2D eigenvalue weighted by Gasteiger charge is 2.03.